The van der Waals surface area contributed by atoms with E-state index in [0.29, 0.717) is 18.2 Å². The molecule has 2 rings (SSSR count). The number of carbonyl (C=O) groups is 1. The molecule has 1 unspecified atom stereocenters. The zero-order chi connectivity index (χ0) is 13.8. The van der Waals surface area contributed by atoms with Gasteiger partial charge in [-0.2, -0.15) is 0 Å². The molecule has 0 saturated heterocycles. The molecule has 0 aliphatic heterocycles. The number of hydrogen-bond acceptors (Lipinski definition) is 3. The van der Waals surface area contributed by atoms with Crippen LogP contribution < -0.4 is 10.1 Å². The molecule has 1 aliphatic rings. The monoisotopic (exact) mass is 391 g/mol. The minimum atomic E-state index is -0.427. The van der Waals surface area contributed by atoms with Crippen molar-refractivity contribution in [3.63, 3.8) is 0 Å². The number of amides is 1. The Morgan fingerprint density at radius 2 is 2.21 bits per heavy atom. The van der Waals surface area contributed by atoms with Crippen molar-refractivity contribution in [3.05, 3.63) is 27.1 Å². The quantitative estimate of drug-likeness (QED) is 0.781. The number of aliphatic hydroxyl groups excluding tert-OH is 1. The van der Waals surface area contributed by atoms with Crippen LogP contribution in [0.3, 0.4) is 0 Å². The lowest BCUT2D eigenvalue weighted by Crippen LogP contribution is -2.36. The standard InChI is InChI=1S/C13H15Br2NO3/c14-9-3-4-12(10(15)5-9)19-7-13(18)16-6-11(17)8-1-2-8/h3-5,8,11,17H,1-2,6-7H2,(H,16,18). The SMILES string of the molecule is O=C(COc1ccc(Br)cc1Br)NCC(O)C1CC1. The van der Waals surface area contributed by atoms with E-state index in [1.165, 1.54) is 0 Å². The summed E-state index contributed by atoms with van der Waals surface area (Å²) >= 11 is 6.70. The van der Waals surface area contributed by atoms with Crippen LogP contribution in [-0.2, 0) is 4.79 Å². The van der Waals surface area contributed by atoms with Gasteiger partial charge in [0.25, 0.3) is 5.91 Å². The van der Waals surface area contributed by atoms with Gasteiger partial charge in [0.1, 0.15) is 5.75 Å². The Morgan fingerprint density at radius 1 is 1.47 bits per heavy atom. The zero-order valence-corrected chi connectivity index (χ0v) is 13.4. The summed E-state index contributed by atoms with van der Waals surface area (Å²) in [6.45, 7) is 0.242. The molecule has 1 atom stereocenters. The molecular weight excluding hydrogens is 378 g/mol. The Labute approximate surface area is 128 Å². The molecule has 2 N–H and O–H groups in total. The van der Waals surface area contributed by atoms with Crippen molar-refractivity contribution in [3.8, 4) is 5.75 Å². The van der Waals surface area contributed by atoms with E-state index in [0.717, 1.165) is 21.8 Å². The summed E-state index contributed by atoms with van der Waals surface area (Å²) in [5, 5.41) is 12.3. The third-order valence-corrected chi connectivity index (χ3v) is 4.04. The number of carbonyl (C=O) groups excluding carboxylic acids is 1. The van der Waals surface area contributed by atoms with Gasteiger partial charge in [0.2, 0.25) is 0 Å². The lowest BCUT2D eigenvalue weighted by atomic mass is 10.2. The molecule has 1 fully saturated rings. The van der Waals surface area contributed by atoms with Gasteiger partial charge in [-0.15, -0.1) is 0 Å². The fourth-order valence-electron chi connectivity index (χ4n) is 1.65. The van der Waals surface area contributed by atoms with E-state index in [1.54, 1.807) is 6.07 Å². The topological polar surface area (TPSA) is 58.6 Å². The lowest BCUT2D eigenvalue weighted by molar-refractivity contribution is -0.123. The lowest BCUT2D eigenvalue weighted by Gasteiger charge is -2.12. The Bertz CT molecular complexity index is 463. The number of ether oxygens (including phenoxy) is 1. The highest BCUT2D eigenvalue weighted by Crippen LogP contribution is 2.32. The highest BCUT2D eigenvalue weighted by Gasteiger charge is 2.29. The number of nitrogens with one attached hydrogen (secondary N) is 1. The van der Waals surface area contributed by atoms with Crippen molar-refractivity contribution in [2.24, 2.45) is 5.92 Å². The summed E-state index contributed by atoms with van der Waals surface area (Å²) in [5.41, 5.74) is 0. The van der Waals surface area contributed by atoms with Gasteiger partial charge in [0.05, 0.1) is 10.6 Å². The number of hydrogen-bond donors (Lipinski definition) is 2. The molecule has 0 spiro atoms. The molecule has 0 bridgehead atoms. The average Bonchev–Trinajstić information content (AvgIpc) is 3.19. The van der Waals surface area contributed by atoms with E-state index < -0.39 is 6.10 Å². The Balaban J connectivity index is 1.73. The van der Waals surface area contributed by atoms with E-state index >= 15 is 0 Å². The Kier molecular flexibility index (Phi) is 5.24. The van der Waals surface area contributed by atoms with Gasteiger partial charge >= 0.3 is 0 Å². The van der Waals surface area contributed by atoms with Gasteiger partial charge < -0.3 is 15.2 Å². The predicted octanol–water partition coefficient (Wildman–Crippen LogP) is 2.48. The first-order valence-electron chi connectivity index (χ1n) is 6.09. The second kappa shape index (κ2) is 6.72. The maximum absolute atomic E-state index is 11.6. The molecule has 0 radical (unpaired) electrons. The summed E-state index contributed by atoms with van der Waals surface area (Å²) in [6, 6.07) is 5.47. The van der Waals surface area contributed by atoms with Crippen LogP contribution >= 0.6 is 31.9 Å². The van der Waals surface area contributed by atoms with Crippen molar-refractivity contribution in [1.82, 2.24) is 5.32 Å². The van der Waals surface area contributed by atoms with Crippen molar-refractivity contribution in [1.29, 1.82) is 0 Å². The van der Waals surface area contributed by atoms with Gasteiger partial charge in [-0.3, -0.25) is 4.79 Å². The average molecular weight is 393 g/mol. The van der Waals surface area contributed by atoms with Crippen LogP contribution in [-0.4, -0.2) is 30.3 Å². The normalized spacial score (nSPS) is 15.9. The fourth-order valence-corrected chi connectivity index (χ4v) is 2.81. The molecule has 19 heavy (non-hydrogen) atoms. The number of halogens is 2. The molecule has 104 valence electrons. The molecular formula is C13H15Br2NO3. The number of benzene rings is 1. The summed E-state index contributed by atoms with van der Waals surface area (Å²) in [4.78, 5) is 11.6. The first-order chi connectivity index (χ1) is 9.06. The molecule has 1 saturated carbocycles. The maximum Gasteiger partial charge on any atom is 0.258 e. The largest absolute Gasteiger partial charge is 0.483 e. The Hall–Kier alpha value is -0.590. The van der Waals surface area contributed by atoms with Crippen LogP contribution in [0.5, 0.6) is 5.75 Å². The van der Waals surface area contributed by atoms with Gasteiger partial charge in [0.15, 0.2) is 6.61 Å². The fraction of sp³-hybridized carbons (Fsp3) is 0.462. The Morgan fingerprint density at radius 3 is 2.84 bits per heavy atom. The molecule has 4 nitrogen and oxygen atoms in total. The molecule has 1 aliphatic carbocycles. The van der Waals surface area contributed by atoms with Crippen LogP contribution in [0.1, 0.15) is 12.8 Å². The van der Waals surface area contributed by atoms with Crippen molar-refractivity contribution in [2.75, 3.05) is 13.2 Å². The molecule has 1 aromatic carbocycles. The number of rotatable bonds is 6. The molecule has 0 aromatic heterocycles. The smallest absolute Gasteiger partial charge is 0.258 e. The van der Waals surface area contributed by atoms with Gasteiger partial charge in [-0.25, -0.2) is 0 Å². The van der Waals surface area contributed by atoms with E-state index in [4.69, 9.17) is 4.74 Å². The predicted molar refractivity (Wildman–Crippen MR) is 79.1 cm³/mol. The third-order valence-electron chi connectivity index (χ3n) is 2.93. The van der Waals surface area contributed by atoms with Gasteiger partial charge in [-0.1, -0.05) is 15.9 Å². The zero-order valence-electron chi connectivity index (χ0n) is 10.2. The second-order valence-corrected chi connectivity index (χ2v) is 6.34. The van der Waals surface area contributed by atoms with Crippen molar-refractivity contribution in [2.45, 2.75) is 18.9 Å². The van der Waals surface area contributed by atoms with E-state index in [1.807, 2.05) is 12.1 Å². The van der Waals surface area contributed by atoms with Crippen LogP contribution in [0.25, 0.3) is 0 Å². The van der Waals surface area contributed by atoms with Crippen LogP contribution in [0.15, 0.2) is 27.1 Å². The second-order valence-electron chi connectivity index (χ2n) is 4.57. The third kappa shape index (κ3) is 4.78. The van der Waals surface area contributed by atoms with Crippen LogP contribution in [0.4, 0.5) is 0 Å². The highest BCUT2D eigenvalue weighted by atomic mass is 79.9. The van der Waals surface area contributed by atoms with E-state index in [-0.39, 0.29) is 12.5 Å². The van der Waals surface area contributed by atoms with Gasteiger partial charge in [0, 0.05) is 11.0 Å². The molecule has 1 amide bonds. The van der Waals surface area contributed by atoms with E-state index in [2.05, 4.69) is 37.2 Å². The van der Waals surface area contributed by atoms with E-state index in [9.17, 15) is 9.90 Å². The molecule has 0 heterocycles. The van der Waals surface area contributed by atoms with Crippen molar-refractivity contribution < 1.29 is 14.6 Å². The highest BCUT2D eigenvalue weighted by molar-refractivity contribution is 9.11. The first-order valence-corrected chi connectivity index (χ1v) is 7.67. The molecule has 6 heteroatoms. The minimum absolute atomic E-state index is 0.0579. The number of aliphatic hydroxyl groups is 1. The van der Waals surface area contributed by atoms with Crippen LogP contribution in [0, 0.1) is 5.92 Å². The maximum atomic E-state index is 11.6. The summed E-state index contributed by atoms with van der Waals surface area (Å²) in [5.74, 6) is 0.748. The summed E-state index contributed by atoms with van der Waals surface area (Å²) < 4.78 is 7.12. The summed E-state index contributed by atoms with van der Waals surface area (Å²) in [7, 11) is 0. The van der Waals surface area contributed by atoms with Crippen LogP contribution in [0.2, 0.25) is 0 Å². The summed E-state index contributed by atoms with van der Waals surface area (Å²) in [6.07, 6.45) is 1.68. The van der Waals surface area contributed by atoms with Crippen molar-refractivity contribution >= 4 is 37.8 Å². The first kappa shape index (κ1) is 14.8. The van der Waals surface area contributed by atoms with Gasteiger partial charge in [-0.05, 0) is 52.9 Å². The minimum Gasteiger partial charge on any atom is -0.483 e. The molecule has 1 aromatic rings.